The third-order valence-electron chi connectivity index (χ3n) is 3.55. The summed E-state index contributed by atoms with van der Waals surface area (Å²) in [6, 6.07) is 20.0. The first-order chi connectivity index (χ1) is 10.6. The van der Waals surface area contributed by atoms with Crippen LogP contribution in [0.4, 0.5) is 11.4 Å². The molecule has 0 amide bonds. The fourth-order valence-corrected chi connectivity index (χ4v) is 2.91. The first-order valence-corrected chi connectivity index (χ1v) is 7.82. The van der Waals surface area contributed by atoms with Gasteiger partial charge in [0.1, 0.15) is 10.4 Å². The number of nitrogens with zero attached hydrogens (tertiary/aromatic N) is 1. The topological polar surface area (TPSA) is 29.3 Å². The number of hydrogen-bond donors (Lipinski definition) is 1. The van der Waals surface area contributed by atoms with Crippen molar-refractivity contribution in [2.24, 2.45) is 5.73 Å². The van der Waals surface area contributed by atoms with Crippen molar-refractivity contribution in [3.63, 3.8) is 0 Å². The number of benzene rings is 2. The molecule has 0 aliphatic heterocycles. The molecule has 0 fully saturated rings. The van der Waals surface area contributed by atoms with E-state index in [1.54, 1.807) is 6.08 Å². The molecule has 1 aliphatic carbocycles. The second kappa shape index (κ2) is 6.17. The standard InChI is InChI=1S/C18H16Cl2N2/c19-17-16(12-7-13-18(17,20)21)22(14-8-3-1-4-9-14)15-10-5-2-6-11-15/h1-13,17H,21H2. The van der Waals surface area contributed by atoms with Crippen molar-refractivity contribution < 1.29 is 0 Å². The van der Waals surface area contributed by atoms with Gasteiger partial charge in [-0.25, -0.2) is 0 Å². The molecule has 0 spiro atoms. The molecule has 0 aromatic heterocycles. The Morgan fingerprint density at radius 1 is 0.909 bits per heavy atom. The number of halogens is 2. The van der Waals surface area contributed by atoms with Crippen molar-refractivity contribution in [3.8, 4) is 0 Å². The van der Waals surface area contributed by atoms with Gasteiger partial charge < -0.3 is 10.6 Å². The van der Waals surface area contributed by atoms with Crippen LogP contribution in [0.2, 0.25) is 0 Å². The average molecular weight is 331 g/mol. The van der Waals surface area contributed by atoms with Crippen LogP contribution in [0.25, 0.3) is 0 Å². The summed E-state index contributed by atoms with van der Waals surface area (Å²) >= 11 is 12.9. The lowest BCUT2D eigenvalue weighted by molar-refractivity contribution is 0.712. The zero-order valence-electron chi connectivity index (χ0n) is 11.9. The van der Waals surface area contributed by atoms with E-state index in [4.69, 9.17) is 28.9 Å². The van der Waals surface area contributed by atoms with E-state index >= 15 is 0 Å². The smallest absolute Gasteiger partial charge is 0.132 e. The molecule has 1 aliphatic rings. The van der Waals surface area contributed by atoms with Crippen LogP contribution in [0.5, 0.6) is 0 Å². The summed E-state index contributed by atoms with van der Waals surface area (Å²) in [6.07, 6.45) is 5.51. The summed E-state index contributed by atoms with van der Waals surface area (Å²) < 4.78 is 0. The van der Waals surface area contributed by atoms with Crippen LogP contribution in [-0.2, 0) is 0 Å². The highest BCUT2D eigenvalue weighted by molar-refractivity contribution is 6.34. The number of allylic oxidation sites excluding steroid dienone is 2. The maximum Gasteiger partial charge on any atom is 0.132 e. The zero-order valence-corrected chi connectivity index (χ0v) is 13.4. The summed E-state index contributed by atoms with van der Waals surface area (Å²) in [4.78, 5) is 0.971. The molecule has 0 saturated carbocycles. The van der Waals surface area contributed by atoms with Crippen LogP contribution in [-0.4, -0.2) is 10.4 Å². The molecule has 2 aromatic rings. The Bertz CT molecular complexity index is 654. The Hall–Kier alpha value is -1.74. The Morgan fingerprint density at radius 2 is 1.41 bits per heavy atom. The molecule has 2 unspecified atom stereocenters. The van der Waals surface area contributed by atoms with Crippen molar-refractivity contribution in [2.45, 2.75) is 10.4 Å². The van der Waals surface area contributed by atoms with E-state index < -0.39 is 10.4 Å². The lowest BCUT2D eigenvalue weighted by Crippen LogP contribution is -2.46. The van der Waals surface area contributed by atoms with Gasteiger partial charge in [-0.2, -0.15) is 0 Å². The van der Waals surface area contributed by atoms with Crippen LogP contribution < -0.4 is 10.6 Å². The van der Waals surface area contributed by atoms with E-state index in [-0.39, 0.29) is 0 Å². The van der Waals surface area contributed by atoms with Gasteiger partial charge in [0.05, 0.1) is 0 Å². The van der Waals surface area contributed by atoms with E-state index in [1.165, 1.54) is 0 Å². The SMILES string of the molecule is NC1(Cl)C=CC=C(N(c2ccccc2)c2ccccc2)C1Cl. The second-order valence-corrected chi connectivity index (χ2v) is 6.24. The van der Waals surface area contributed by atoms with Crippen molar-refractivity contribution in [1.82, 2.24) is 0 Å². The van der Waals surface area contributed by atoms with E-state index in [9.17, 15) is 0 Å². The van der Waals surface area contributed by atoms with Gasteiger partial charge in [-0.05, 0) is 36.4 Å². The molecular weight excluding hydrogens is 315 g/mol. The maximum absolute atomic E-state index is 6.55. The molecule has 4 heteroatoms. The molecule has 22 heavy (non-hydrogen) atoms. The summed E-state index contributed by atoms with van der Waals surface area (Å²) in [5.74, 6) is 0. The van der Waals surface area contributed by atoms with Crippen molar-refractivity contribution >= 4 is 34.6 Å². The van der Waals surface area contributed by atoms with Crippen LogP contribution in [0.3, 0.4) is 0 Å². The minimum Gasteiger partial charge on any atom is -0.313 e. The molecule has 0 saturated heterocycles. The highest BCUT2D eigenvalue weighted by atomic mass is 35.5. The van der Waals surface area contributed by atoms with Crippen molar-refractivity contribution in [1.29, 1.82) is 0 Å². The van der Waals surface area contributed by atoms with Gasteiger partial charge >= 0.3 is 0 Å². The van der Waals surface area contributed by atoms with Gasteiger partial charge in [-0.1, -0.05) is 54.1 Å². The van der Waals surface area contributed by atoms with Gasteiger partial charge in [0, 0.05) is 17.1 Å². The molecule has 2 atom stereocenters. The molecule has 0 radical (unpaired) electrons. The molecule has 0 heterocycles. The third-order valence-corrected chi connectivity index (χ3v) is 4.59. The molecule has 2 N–H and O–H groups in total. The van der Waals surface area contributed by atoms with E-state index in [0.29, 0.717) is 0 Å². The minimum absolute atomic E-state index is 0.542. The Labute approximate surface area is 140 Å². The predicted octanol–water partition coefficient (Wildman–Crippen LogP) is 4.78. The summed E-state index contributed by atoms with van der Waals surface area (Å²) in [5, 5.41) is -0.542. The monoisotopic (exact) mass is 330 g/mol. The van der Waals surface area contributed by atoms with Crippen molar-refractivity contribution in [2.75, 3.05) is 4.90 Å². The van der Waals surface area contributed by atoms with Crippen LogP contribution in [0, 0.1) is 0 Å². The Morgan fingerprint density at radius 3 is 1.91 bits per heavy atom. The number of nitrogens with two attached hydrogens (primary N) is 1. The summed E-state index contributed by atoms with van der Waals surface area (Å²) in [6.45, 7) is 0. The summed E-state index contributed by atoms with van der Waals surface area (Å²) in [5.41, 5.74) is 8.95. The largest absolute Gasteiger partial charge is 0.313 e. The molecule has 2 aromatic carbocycles. The summed E-state index contributed by atoms with van der Waals surface area (Å²) in [7, 11) is 0. The highest BCUT2D eigenvalue weighted by Gasteiger charge is 2.36. The highest BCUT2D eigenvalue weighted by Crippen LogP contribution is 2.38. The van der Waals surface area contributed by atoms with Crippen molar-refractivity contribution in [3.05, 3.63) is 84.6 Å². The van der Waals surface area contributed by atoms with Gasteiger partial charge in [0.25, 0.3) is 0 Å². The quantitative estimate of drug-likeness (QED) is 0.648. The Kier molecular flexibility index (Phi) is 4.25. The first kappa shape index (κ1) is 15.2. The van der Waals surface area contributed by atoms with Crippen LogP contribution in [0.1, 0.15) is 0 Å². The molecule has 112 valence electrons. The fraction of sp³-hybridized carbons (Fsp3) is 0.111. The number of para-hydroxylation sites is 2. The lowest BCUT2D eigenvalue weighted by Gasteiger charge is -2.36. The molecular formula is C18H16Cl2N2. The minimum atomic E-state index is -1.10. The number of alkyl halides is 2. The first-order valence-electron chi connectivity index (χ1n) is 7.01. The van der Waals surface area contributed by atoms with Gasteiger partial charge in [-0.15, -0.1) is 11.6 Å². The molecule has 0 bridgehead atoms. The van der Waals surface area contributed by atoms with Gasteiger partial charge in [0.2, 0.25) is 0 Å². The molecule has 3 rings (SSSR count). The fourth-order valence-electron chi connectivity index (χ4n) is 2.48. The van der Waals surface area contributed by atoms with Gasteiger partial charge in [-0.3, -0.25) is 0 Å². The maximum atomic E-state index is 6.55. The average Bonchev–Trinajstić information content (AvgIpc) is 2.54. The Balaban J connectivity index is 2.11. The number of anilines is 2. The van der Waals surface area contributed by atoms with E-state index in [2.05, 4.69) is 4.90 Å². The second-order valence-electron chi connectivity index (χ2n) is 5.15. The predicted molar refractivity (Wildman–Crippen MR) is 94.7 cm³/mol. The number of hydrogen-bond acceptors (Lipinski definition) is 2. The van der Waals surface area contributed by atoms with E-state index in [1.807, 2.05) is 72.8 Å². The van der Waals surface area contributed by atoms with Crippen LogP contribution in [0.15, 0.2) is 84.6 Å². The lowest BCUT2D eigenvalue weighted by atomic mass is 10.0. The van der Waals surface area contributed by atoms with Crippen LogP contribution >= 0.6 is 23.2 Å². The molecule has 2 nitrogen and oxygen atoms in total. The van der Waals surface area contributed by atoms with Gasteiger partial charge in [0.15, 0.2) is 0 Å². The normalized spacial score (nSPS) is 24.0. The third kappa shape index (κ3) is 2.91. The van der Waals surface area contributed by atoms with E-state index in [0.717, 1.165) is 17.1 Å². The zero-order chi connectivity index (χ0) is 15.6. The number of rotatable bonds is 3.